The largest absolute Gasteiger partial charge is 0.310 e. The third-order valence-electron chi connectivity index (χ3n) is 4.17. The van der Waals surface area contributed by atoms with Crippen LogP contribution in [0.3, 0.4) is 0 Å². The van der Waals surface area contributed by atoms with Crippen molar-refractivity contribution in [1.82, 2.24) is 5.32 Å². The molecule has 1 fully saturated rings. The summed E-state index contributed by atoms with van der Waals surface area (Å²) < 4.78 is 13.1. The van der Waals surface area contributed by atoms with E-state index in [1.807, 2.05) is 6.07 Å². The minimum atomic E-state index is -0.157. The summed E-state index contributed by atoms with van der Waals surface area (Å²) in [5.41, 5.74) is 3.78. The number of rotatable bonds is 4. The number of benzene rings is 2. The summed E-state index contributed by atoms with van der Waals surface area (Å²) in [6.07, 6.45) is 2.36. The van der Waals surface area contributed by atoms with E-state index in [9.17, 15) is 4.39 Å². The van der Waals surface area contributed by atoms with Crippen molar-refractivity contribution in [1.29, 1.82) is 0 Å². The van der Waals surface area contributed by atoms with Gasteiger partial charge in [0.2, 0.25) is 0 Å². The van der Waals surface area contributed by atoms with Crippen LogP contribution in [-0.4, -0.2) is 6.04 Å². The summed E-state index contributed by atoms with van der Waals surface area (Å²) in [4.78, 5) is 0. The van der Waals surface area contributed by atoms with E-state index in [0.29, 0.717) is 12.0 Å². The molecule has 1 saturated carbocycles. The zero-order valence-electron chi connectivity index (χ0n) is 11.8. The molecule has 3 rings (SSSR count). The average molecular weight is 269 g/mol. The van der Waals surface area contributed by atoms with Crippen LogP contribution in [0.15, 0.2) is 48.5 Å². The molecule has 0 aliphatic heterocycles. The second kappa shape index (κ2) is 5.76. The molecule has 1 nitrogen and oxygen atoms in total. The maximum atomic E-state index is 13.1. The molecular weight excluding hydrogens is 249 g/mol. The van der Waals surface area contributed by atoms with Crippen LogP contribution in [0.2, 0.25) is 0 Å². The average Bonchev–Trinajstić information content (AvgIpc) is 2.39. The Kier molecular flexibility index (Phi) is 3.83. The van der Waals surface area contributed by atoms with Crippen molar-refractivity contribution in [2.75, 3.05) is 0 Å². The number of hydrogen-bond acceptors (Lipinski definition) is 1. The van der Waals surface area contributed by atoms with Gasteiger partial charge in [-0.25, -0.2) is 4.39 Å². The van der Waals surface area contributed by atoms with Crippen molar-refractivity contribution in [2.45, 2.75) is 38.3 Å². The van der Waals surface area contributed by atoms with Crippen molar-refractivity contribution in [2.24, 2.45) is 0 Å². The van der Waals surface area contributed by atoms with Crippen LogP contribution in [-0.2, 0) is 6.54 Å². The molecule has 0 atom stereocenters. The molecular formula is C18H20FN. The number of nitrogens with one attached hydrogen (secondary N) is 1. The van der Waals surface area contributed by atoms with Gasteiger partial charge >= 0.3 is 0 Å². The molecule has 0 amide bonds. The molecule has 1 N–H and O–H groups in total. The molecule has 0 spiro atoms. The molecule has 104 valence electrons. The second-order valence-corrected chi connectivity index (χ2v) is 5.79. The molecule has 0 radical (unpaired) electrons. The standard InChI is InChI=1S/C18H20FN/c1-13-5-7-15(8-6-13)16-10-18(11-16)20-12-14-3-2-4-17(19)9-14/h2-9,16,18,20H,10-12H2,1H3. The normalized spacial score (nSPS) is 21.5. The van der Waals surface area contributed by atoms with Crippen LogP contribution in [0.25, 0.3) is 0 Å². The fourth-order valence-corrected chi connectivity index (χ4v) is 2.80. The Morgan fingerprint density at radius 1 is 1.10 bits per heavy atom. The van der Waals surface area contributed by atoms with E-state index in [1.54, 1.807) is 12.1 Å². The van der Waals surface area contributed by atoms with Crippen molar-refractivity contribution in [3.63, 3.8) is 0 Å². The lowest BCUT2D eigenvalue weighted by atomic mass is 9.75. The highest BCUT2D eigenvalue weighted by Crippen LogP contribution is 2.36. The quantitative estimate of drug-likeness (QED) is 0.878. The second-order valence-electron chi connectivity index (χ2n) is 5.79. The molecule has 0 unspecified atom stereocenters. The van der Waals surface area contributed by atoms with Crippen LogP contribution in [0.5, 0.6) is 0 Å². The van der Waals surface area contributed by atoms with Gasteiger partial charge in [-0.1, -0.05) is 42.0 Å². The van der Waals surface area contributed by atoms with E-state index in [1.165, 1.54) is 30.0 Å². The van der Waals surface area contributed by atoms with Gasteiger partial charge in [0.05, 0.1) is 0 Å². The van der Waals surface area contributed by atoms with Gasteiger partial charge in [-0.05, 0) is 48.9 Å². The number of hydrogen-bond donors (Lipinski definition) is 1. The first-order valence-electron chi connectivity index (χ1n) is 7.25. The summed E-state index contributed by atoms with van der Waals surface area (Å²) in [5, 5.41) is 3.51. The van der Waals surface area contributed by atoms with Gasteiger partial charge in [0.15, 0.2) is 0 Å². The molecule has 0 aromatic heterocycles. The third kappa shape index (κ3) is 3.07. The minimum Gasteiger partial charge on any atom is -0.310 e. The molecule has 0 bridgehead atoms. The van der Waals surface area contributed by atoms with Crippen molar-refractivity contribution in [3.8, 4) is 0 Å². The molecule has 1 aliphatic carbocycles. The van der Waals surface area contributed by atoms with E-state index in [-0.39, 0.29) is 5.82 Å². The lowest BCUT2D eigenvalue weighted by Crippen LogP contribution is -2.39. The monoisotopic (exact) mass is 269 g/mol. The van der Waals surface area contributed by atoms with E-state index in [2.05, 4.69) is 36.5 Å². The van der Waals surface area contributed by atoms with Gasteiger partial charge < -0.3 is 5.32 Å². The predicted molar refractivity (Wildman–Crippen MR) is 80.2 cm³/mol. The lowest BCUT2D eigenvalue weighted by molar-refractivity contribution is 0.289. The molecule has 2 aromatic rings. The Hall–Kier alpha value is -1.67. The topological polar surface area (TPSA) is 12.0 Å². The van der Waals surface area contributed by atoms with E-state index < -0.39 is 0 Å². The van der Waals surface area contributed by atoms with Crippen LogP contribution in [0, 0.1) is 12.7 Å². The first-order valence-corrected chi connectivity index (χ1v) is 7.25. The van der Waals surface area contributed by atoms with Gasteiger partial charge in [-0.2, -0.15) is 0 Å². The minimum absolute atomic E-state index is 0.157. The van der Waals surface area contributed by atoms with E-state index in [0.717, 1.165) is 12.1 Å². The van der Waals surface area contributed by atoms with Gasteiger partial charge in [0, 0.05) is 12.6 Å². The smallest absolute Gasteiger partial charge is 0.123 e. The zero-order valence-corrected chi connectivity index (χ0v) is 11.8. The fourth-order valence-electron chi connectivity index (χ4n) is 2.80. The van der Waals surface area contributed by atoms with Crippen molar-refractivity contribution >= 4 is 0 Å². The first kappa shape index (κ1) is 13.3. The van der Waals surface area contributed by atoms with Gasteiger partial charge in [-0.3, -0.25) is 0 Å². The van der Waals surface area contributed by atoms with Crippen LogP contribution in [0.4, 0.5) is 4.39 Å². The van der Waals surface area contributed by atoms with E-state index in [4.69, 9.17) is 0 Å². The molecule has 2 heteroatoms. The summed E-state index contributed by atoms with van der Waals surface area (Å²) in [6, 6.07) is 16.2. The molecule has 2 aromatic carbocycles. The Balaban J connectivity index is 1.48. The highest BCUT2D eigenvalue weighted by Gasteiger charge is 2.29. The highest BCUT2D eigenvalue weighted by atomic mass is 19.1. The van der Waals surface area contributed by atoms with Gasteiger partial charge in [0.1, 0.15) is 5.82 Å². The molecule has 20 heavy (non-hydrogen) atoms. The Morgan fingerprint density at radius 2 is 1.85 bits per heavy atom. The first-order chi connectivity index (χ1) is 9.70. The molecule has 0 heterocycles. The van der Waals surface area contributed by atoms with E-state index >= 15 is 0 Å². The van der Waals surface area contributed by atoms with Gasteiger partial charge in [-0.15, -0.1) is 0 Å². The number of halogens is 1. The molecule has 0 saturated heterocycles. The van der Waals surface area contributed by atoms with Crippen molar-refractivity contribution in [3.05, 3.63) is 71.0 Å². The predicted octanol–water partition coefficient (Wildman–Crippen LogP) is 4.17. The summed E-state index contributed by atoms with van der Waals surface area (Å²) in [7, 11) is 0. The maximum absolute atomic E-state index is 13.1. The zero-order chi connectivity index (χ0) is 13.9. The maximum Gasteiger partial charge on any atom is 0.123 e. The van der Waals surface area contributed by atoms with Gasteiger partial charge in [0.25, 0.3) is 0 Å². The molecule has 1 aliphatic rings. The highest BCUT2D eigenvalue weighted by molar-refractivity contribution is 5.27. The summed E-state index contributed by atoms with van der Waals surface area (Å²) in [5.74, 6) is 0.524. The van der Waals surface area contributed by atoms with Crippen molar-refractivity contribution < 1.29 is 4.39 Å². The number of aryl methyl sites for hydroxylation is 1. The third-order valence-corrected chi connectivity index (χ3v) is 4.17. The lowest BCUT2D eigenvalue weighted by Gasteiger charge is -2.36. The summed E-state index contributed by atoms with van der Waals surface area (Å²) >= 11 is 0. The summed E-state index contributed by atoms with van der Waals surface area (Å²) in [6.45, 7) is 2.87. The van der Waals surface area contributed by atoms with Crippen LogP contribution < -0.4 is 5.32 Å². The Bertz CT molecular complexity index is 570. The Morgan fingerprint density at radius 3 is 2.55 bits per heavy atom. The Labute approximate surface area is 119 Å². The van der Waals surface area contributed by atoms with Crippen LogP contribution >= 0.6 is 0 Å². The fraction of sp³-hybridized carbons (Fsp3) is 0.333. The SMILES string of the molecule is Cc1ccc(C2CC(NCc3cccc(F)c3)C2)cc1. The van der Waals surface area contributed by atoms with Crippen LogP contribution in [0.1, 0.15) is 35.4 Å².